The SMILES string of the molecule is Cc1nnc(C2CCCN(c3ncnc4[nH]cc(-c5cccc(C#N)c5)c34)C2)o1. The Labute approximate surface area is 167 Å². The molecule has 1 N–H and O–H groups in total. The van der Waals surface area contributed by atoms with Gasteiger partial charge in [0.05, 0.1) is 22.9 Å². The highest BCUT2D eigenvalue weighted by atomic mass is 16.4. The maximum absolute atomic E-state index is 9.26. The van der Waals surface area contributed by atoms with Gasteiger partial charge in [0, 0.05) is 31.8 Å². The van der Waals surface area contributed by atoms with E-state index in [0.717, 1.165) is 53.9 Å². The minimum atomic E-state index is 0.180. The molecule has 4 aromatic rings. The summed E-state index contributed by atoms with van der Waals surface area (Å²) in [4.78, 5) is 14.6. The van der Waals surface area contributed by atoms with Crippen molar-refractivity contribution in [1.29, 1.82) is 5.26 Å². The summed E-state index contributed by atoms with van der Waals surface area (Å²) in [5.74, 6) is 2.34. The molecule has 1 fully saturated rings. The standard InChI is InChI=1S/C21H19N7O/c1-13-26-27-21(29-13)16-6-3-7-28(11-16)20-18-17(10-23-19(18)24-12-25-20)15-5-2-4-14(8-15)9-22/h2,4-5,8,10,12,16H,3,6-7,11H2,1H3,(H,23,24,25). The van der Waals surface area contributed by atoms with Crippen molar-refractivity contribution in [2.75, 3.05) is 18.0 Å². The number of fused-ring (bicyclic) bond motifs is 1. The van der Waals surface area contributed by atoms with Gasteiger partial charge in [-0.25, -0.2) is 9.97 Å². The van der Waals surface area contributed by atoms with Crippen LogP contribution in [-0.2, 0) is 0 Å². The van der Waals surface area contributed by atoms with Crippen LogP contribution in [0.2, 0.25) is 0 Å². The minimum absolute atomic E-state index is 0.180. The predicted octanol–water partition coefficient (Wildman–Crippen LogP) is 3.57. The largest absolute Gasteiger partial charge is 0.425 e. The lowest BCUT2D eigenvalue weighted by Gasteiger charge is -2.32. The number of hydrogen-bond acceptors (Lipinski definition) is 7. The van der Waals surface area contributed by atoms with Gasteiger partial charge in [-0.1, -0.05) is 12.1 Å². The fraction of sp³-hybridized carbons (Fsp3) is 0.286. The lowest BCUT2D eigenvalue weighted by Crippen LogP contribution is -2.35. The molecule has 8 nitrogen and oxygen atoms in total. The van der Waals surface area contributed by atoms with Crippen LogP contribution in [0.1, 0.15) is 36.1 Å². The third-order valence-electron chi connectivity index (χ3n) is 5.36. The van der Waals surface area contributed by atoms with E-state index >= 15 is 0 Å². The Hall–Kier alpha value is -3.73. The van der Waals surface area contributed by atoms with Gasteiger partial charge < -0.3 is 14.3 Å². The molecule has 1 atom stereocenters. The van der Waals surface area contributed by atoms with Gasteiger partial charge in [0.1, 0.15) is 17.8 Å². The van der Waals surface area contributed by atoms with Crippen LogP contribution in [-0.4, -0.2) is 38.2 Å². The van der Waals surface area contributed by atoms with Crippen molar-refractivity contribution < 1.29 is 4.42 Å². The van der Waals surface area contributed by atoms with Gasteiger partial charge in [0.15, 0.2) is 0 Å². The van der Waals surface area contributed by atoms with Gasteiger partial charge in [-0.15, -0.1) is 10.2 Å². The maximum Gasteiger partial charge on any atom is 0.221 e. The minimum Gasteiger partial charge on any atom is -0.425 e. The van der Waals surface area contributed by atoms with E-state index in [0.29, 0.717) is 17.3 Å². The average molecular weight is 385 g/mol. The molecule has 29 heavy (non-hydrogen) atoms. The molecule has 0 saturated carbocycles. The summed E-state index contributed by atoms with van der Waals surface area (Å²) in [5.41, 5.74) is 3.36. The topological polar surface area (TPSA) is 108 Å². The number of nitrogens with one attached hydrogen (secondary N) is 1. The van der Waals surface area contributed by atoms with Crippen LogP contribution >= 0.6 is 0 Å². The highest BCUT2D eigenvalue weighted by Crippen LogP contribution is 2.36. The second-order valence-corrected chi connectivity index (χ2v) is 7.26. The second kappa shape index (κ2) is 7.02. The fourth-order valence-corrected chi connectivity index (χ4v) is 4.02. The Morgan fingerprint density at radius 3 is 3.03 bits per heavy atom. The first-order chi connectivity index (χ1) is 14.2. The Bertz CT molecular complexity index is 1220. The average Bonchev–Trinajstić information content (AvgIpc) is 3.40. The lowest BCUT2D eigenvalue weighted by molar-refractivity contribution is 0.387. The smallest absolute Gasteiger partial charge is 0.221 e. The number of benzene rings is 1. The number of aryl methyl sites for hydroxylation is 1. The van der Waals surface area contributed by atoms with Crippen molar-refractivity contribution in [3.63, 3.8) is 0 Å². The molecule has 1 aliphatic rings. The zero-order valence-corrected chi connectivity index (χ0v) is 16.0. The maximum atomic E-state index is 9.26. The van der Waals surface area contributed by atoms with E-state index in [-0.39, 0.29) is 5.92 Å². The number of aromatic nitrogens is 5. The monoisotopic (exact) mass is 385 g/mol. The van der Waals surface area contributed by atoms with Crippen molar-refractivity contribution in [1.82, 2.24) is 25.1 Å². The summed E-state index contributed by atoms with van der Waals surface area (Å²) in [6.07, 6.45) is 5.55. The number of aromatic amines is 1. The first-order valence-corrected chi connectivity index (χ1v) is 9.60. The molecule has 3 aromatic heterocycles. The van der Waals surface area contributed by atoms with Gasteiger partial charge in [-0.3, -0.25) is 0 Å². The first-order valence-electron chi connectivity index (χ1n) is 9.60. The van der Waals surface area contributed by atoms with E-state index in [1.165, 1.54) is 0 Å². The van der Waals surface area contributed by atoms with Gasteiger partial charge in [-0.2, -0.15) is 5.26 Å². The van der Waals surface area contributed by atoms with Crippen molar-refractivity contribution in [3.05, 3.63) is 54.1 Å². The van der Waals surface area contributed by atoms with Crippen molar-refractivity contribution in [2.24, 2.45) is 0 Å². The van der Waals surface area contributed by atoms with Crippen molar-refractivity contribution in [3.8, 4) is 17.2 Å². The molecule has 1 unspecified atom stereocenters. The summed E-state index contributed by atoms with van der Waals surface area (Å²) < 4.78 is 5.68. The summed E-state index contributed by atoms with van der Waals surface area (Å²) in [6.45, 7) is 3.47. The molecule has 0 radical (unpaired) electrons. The summed E-state index contributed by atoms with van der Waals surface area (Å²) in [5, 5.41) is 18.4. The van der Waals surface area contributed by atoms with E-state index in [1.807, 2.05) is 31.3 Å². The molecule has 144 valence electrons. The van der Waals surface area contributed by atoms with Crippen LogP contribution in [0.4, 0.5) is 5.82 Å². The van der Waals surface area contributed by atoms with Crippen LogP contribution < -0.4 is 4.90 Å². The molecule has 1 aromatic carbocycles. The Balaban J connectivity index is 1.56. The number of H-pyrrole nitrogens is 1. The number of rotatable bonds is 3. The Morgan fingerprint density at radius 1 is 1.28 bits per heavy atom. The van der Waals surface area contributed by atoms with E-state index < -0.39 is 0 Å². The van der Waals surface area contributed by atoms with Crippen LogP contribution in [0, 0.1) is 18.3 Å². The fourth-order valence-electron chi connectivity index (χ4n) is 4.02. The number of nitriles is 1. The van der Waals surface area contributed by atoms with Gasteiger partial charge in [0.2, 0.25) is 11.8 Å². The molecule has 0 bridgehead atoms. The third kappa shape index (κ3) is 3.10. The second-order valence-electron chi connectivity index (χ2n) is 7.26. The van der Waals surface area contributed by atoms with Crippen LogP contribution in [0.25, 0.3) is 22.2 Å². The quantitative estimate of drug-likeness (QED) is 0.574. The molecule has 0 spiro atoms. The number of nitrogens with zero attached hydrogens (tertiary/aromatic N) is 6. The molecular weight excluding hydrogens is 366 g/mol. The van der Waals surface area contributed by atoms with Crippen LogP contribution in [0.3, 0.4) is 0 Å². The van der Waals surface area contributed by atoms with Crippen molar-refractivity contribution >= 4 is 16.9 Å². The first kappa shape index (κ1) is 17.4. The van der Waals surface area contributed by atoms with E-state index in [1.54, 1.807) is 12.4 Å². The van der Waals surface area contributed by atoms with Gasteiger partial charge in [-0.05, 0) is 30.5 Å². The summed E-state index contributed by atoms with van der Waals surface area (Å²) in [6, 6.07) is 9.79. The van der Waals surface area contributed by atoms with E-state index in [2.05, 4.69) is 36.1 Å². The molecule has 8 heteroatoms. The molecule has 1 aliphatic heterocycles. The molecular formula is C21H19N7O. The molecule has 5 rings (SSSR count). The van der Waals surface area contributed by atoms with Gasteiger partial charge >= 0.3 is 0 Å². The Morgan fingerprint density at radius 2 is 2.21 bits per heavy atom. The molecule has 1 saturated heterocycles. The summed E-state index contributed by atoms with van der Waals surface area (Å²) >= 11 is 0. The summed E-state index contributed by atoms with van der Waals surface area (Å²) in [7, 11) is 0. The normalized spacial score (nSPS) is 16.8. The number of anilines is 1. The van der Waals surface area contributed by atoms with Crippen LogP contribution in [0.5, 0.6) is 0 Å². The van der Waals surface area contributed by atoms with Gasteiger partial charge in [0.25, 0.3) is 0 Å². The zero-order chi connectivity index (χ0) is 19.8. The number of piperidine rings is 1. The third-order valence-corrected chi connectivity index (χ3v) is 5.36. The molecule has 0 aliphatic carbocycles. The predicted molar refractivity (Wildman–Crippen MR) is 107 cm³/mol. The van der Waals surface area contributed by atoms with Crippen molar-refractivity contribution in [2.45, 2.75) is 25.7 Å². The Kier molecular flexibility index (Phi) is 4.21. The highest BCUT2D eigenvalue weighted by Gasteiger charge is 2.28. The van der Waals surface area contributed by atoms with E-state index in [4.69, 9.17) is 4.42 Å². The zero-order valence-electron chi connectivity index (χ0n) is 16.0. The highest BCUT2D eigenvalue weighted by molar-refractivity contribution is 6.01. The lowest BCUT2D eigenvalue weighted by atomic mass is 9.97. The number of hydrogen-bond donors (Lipinski definition) is 1. The van der Waals surface area contributed by atoms with E-state index in [9.17, 15) is 5.26 Å². The molecule has 0 amide bonds. The molecule has 4 heterocycles. The van der Waals surface area contributed by atoms with Crippen LogP contribution in [0.15, 0.2) is 41.2 Å².